The van der Waals surface area contributed by atoms with Crippen LogP contribution in [0.5, 0.6) is 0 Å². The maximum Gasteiger partial charge on any atom is 0.217 e. The molecule has 42 heavy (non-hydrogen) atoms. The minimum absolute atomic E-state index is 0.00737. The molecule has 5 aromatic rings. The molecule has 15 heteroatoms. The van der Waals surface area contributed by atoms with Crippen molar-refractivity contribution in [1.82, 2.24) is 39.9 Å². The molecule has 6 N–H and O–H groups in total. The maximum atomic E-state index is 11.3. The number of amides is 1. The molecule has 0 aliphatic carbocycles. The average molecular weight is 573 g/mol. The van der Waals surface area contributed by atoms with E-state index in [0.717, 1.165) is 17.3 Å². The molecule has 2 aliphatic rings. The number of H-pyrrole nitrogens is 1. The second-order valence-corrected chi connectivity index (χ2v) is 10.4. The van der Waals surface area contributed by atoms with Crippen molar-refractivity contribution in [1.29, 1.82) is 0 Å². The third kappa shape index (κ3) is 4.71. The number of carbonyl (C=O) groups is 1. The van der Waals surface area contributed by atoms with Crippen LogP contribution in [0.1, 0.15) is 25.5 Å². The number of fused-ring (bicyclic) bond motifs is 2. The summed E-state index contributed by atoms with van der Waals surface area (Å²) in [5.74, 6) is 0.163. The predicted octanol–water partition coefficient (Wildman–Crippen LogP) is 0.912. The van der Waals surface area contributed by atoms with Crippen molar-refractivity contribution in [3.8, 4) is 22.9 Å². The van der Waals surface area contributed by atoms with E-state index in [-0.39, 0.29) is 24.7 Å². The van der Waals surface area contributed by atoms with Gasteiger partial charge in [0.15, 0.2) is 34.7 Å². The summed E-state index contributed by atoms with van der Waals surface area (Å²) in [6.07, 6.45) is -1.93. The number of nitrogens with zero attached hydrogens (tertiary/aromatic N) is 7. The number of imidazole rings is 1. The Bertz CT molecular complexity index is 1770. The van der Waals surface area contributed by atoms with E-state index in [1.54, 1.807) is 4.57 Å². The molecule has 1 aromatic carbocycles. The second kappa shape index (κ2) is 10.7. The molecular formula is C27H28N10O5. The second-order valence-electron chi connectivity index (χ2n) is 10.4. The fourth-order valence-corrected chi connectivity index (χ4v) is 5.40. The zero-order chi connectivity index (χ0) is 28.8. The normalized spacial score (nSPS) is 24.1. The van der Waals surface area contributed by atoms with Crippen LogP contribution in [0.15, 0.2) is 42.7 Å². The van der Waals surface area contributed by atoms with Crippen molar-refractivity contribution < 1.29 is 24.5 Å². The van der Waals surface area contributed by atoms with Gasteiger partial charge in [-0.25, -0.2) is 19.9 Å². The summed E-state index contributed by atoms with van der Waals surface area (Å²) in [6.45, 7) is 1.14. The number of ether oxygens (including phenoxy) is 2. The molecular weight excluding hydrogens is 544 g/mol. The van der Waals surface area contributed by atoms with Crippen molar-refractivity contribution in [3.05, 3.63) is 42.7 Å². The summed E-state index contributed by atoms with van der Waals surface area (Å²) in [5.41, 5.74) is 8.27. The number of carbonyl (C=O) groups excluding carboxylic acids is 1. The molecule has 2 fully saturated rings. The molecule has 216 valence electrons. The molecule has 0 saturated carbocycles. The molecule has 0 unspecified atom stereocenters. The van der Waals surface area contributed by atoms with Gasteiger partial charge < -0.3 is 30.7 Å². The van der Waals surface area contributed by atoms with E-state index in [4.69, 9.17) is 30.2 Å². The molecule has 4 aromatic heterocycles. The number of aromatic nitrogens is 8. The van der Waals surface area contributed by atoms with E-state index < -0.39 is 30.4 Å². The molecule has 0 spiro atoms. The number of nitrogens with two attached hydrogens (primary N) is 1. The first-order valence-electron chi connectivity index (χ1n) is 13.6. The summed E-state index contributed by atoms with van der Waals surface area (Å²) in [6, 6.07) is 11.6. The molecule has 15 nitrogen and oxygen atoms in total. The quantitative estimate of drug-likeness (QED) is 0.176. The largest absolute Gasteiger partial charge is 0.388 e. The first-order valence-corrected chi connectivity index (χ1v) is 13.6. The lowest BCUT2D eigenvalue weighted by atomic mass is 10.1. The summed E-state index contributed by atoms with van der Waals surface area (Å²) in [4.78, 5) is 30.2. The van der Waals surface area contributed by atoms with E-state index in [1.165, 1.54) is 6.33 Å². The minimum Gasteiger partial charge on any atom is -0.388 e. The van der Waals surface area contributed by atoms with Gasteiger partial charge in [-0.05, 0) is 25.0 Å². The molecule has 1 amide bonds. The SMILES string of the molecule is NC(=O)CC[C@@H]1O[C@@H](n2cnc3c(N[C@@H]4CCOC4)nc(-c4n[nH]nc4-c4ccc5ccccc5n4)nc32)[C@@H](O)[C@H]1O. The average Bonchev–Trinajstić information content (AvgIpc) is 3.80. The zero-order valence-electron chi connectivity index (χ0n) is 22.3. The number of hydrogen-bond acceptors (Lipinski definition) is 12. The lowest BCUT2D eigenvalue weighted by Crippen LogP contribution is -2.32. The summed E-state index contributed by atoms with van der Waals surface area (Å²) >= 11 is 0. The summed E-state index contributed by atoms with van der Waals surface area (Å²) < 4.78 is 13.1. The van der Waals surface area contributed by atoms with Crippen LogP contribution in [0.2, 0.25) is 0 Å². The Morgan fingerprint density at radius 3 is 2.79 bits per heavy atom. The van der Waals surface area contributed by atoms with Crippen LogP contribution in [0.3, 0.4) is 0 Å². The Hall–Kier alpha value is -4.57. The van der Waals surface area contributed by atoms with Crippen molar-refractivity contribution >= 4 is 33.8 Å². The first-order chi connectivity index (χ1) is 20.5. The smallest absolute Gasteiger partial charge is 0.217 e. The number of rotatable bonds is 8. The fraction of sp³-hybridized carbons (Fsp3) is 0.370. The number of aromatic amines is 1. The van der Waals surface area contributed by atoms with Gasteiger partial charge in [-0.2, -0.15) is 15.4 Å². The number of benzene rings is 1. The molecule has 7 rings (SSSR count). The number of pyridine rings is 1. The van der Waals surface area contributed by atoms with Gasteiger partial charge >= 0.3 is 0 Å². The maximum absolute atomic E-state index is 11.3. The Morgan fingerprint density at radius 2 is 1.95 bits per heavy atom. The van der Waals surface area contributed by atoms with Crippen LogP contribution in [-0.2, 0) is 14.3 Å². The van der Waals surface area contributed by atoms with Crippen LogP contribution >= 0.6 is 0 Å². The number of para-hydroxylation sites is 1. The monoisotopic (exact) mass is 572 g/mol. The van der Waals surface area contributed by atoms with Gasteiger partial charge in [0.1, 0.15) is 17.9 Å². The third-order valence-corrected chi connectivity index (χ3v) is 7.58. The van der Waals surface area contributed by atoms with Gasteiger partial charge in [-0.1, -0.05) is 24.3 Å². The van der Waals surface area contributed by atoms with Crippen molar-refractivity contribution in [2.45, 2.75) is 49.8 Å². The highest BCUT2D eigenvalue weighted by atomic mass is 16.6. The van der Waals surface area contributed by atoms with E-state index in [0.29, 0.717) is 47.3 Å². The van der Waals surface area contributed by atoms with E-state index >= 15 is 0 Å². The Labute approximate surface area is 238 Å². The van der Waals surface area contributed by atoms with Gasteiger partial charge in [0.2, 0.25) is 5.91 Å². The third-order valence-electron chi connectivity index (χ3n) is 7.58. The standard InChI is InChI=1S/C27H28N10O5/c28-18(38)8-7-17-22(39)23(40)27(42-17)37-12-29-21-25(30-14-9-10-41-11-14)32-24(33-26(21)37)20-19(34-36-35-20)16-6-5-13-3-1-2-4-15(13)31-16/h1-6,12,14,17,22-23,27,39-40H,7-11H2,(H2,28,38)(H,30,32,33)(H,34,35,36)/t14-,17+,22+,23+,27-/m1/s1. The van der Waals surface area contributed by atoms with Gasteiger partial charge in [-0.3, -0.25) is 9.36 Å². The number of primary amides is 1. The summed E-state index contributed by atoms with van der Waals surface area (Å²) in [7, 11) is 0. The van der Waals surface area contributed by atoms with Crippen LogP contribution in [0.4, 0.5) is 5.82 Å². The number of hydrogen-bond donors (Lipinski definition) is 5. The molecule has 2 saturated heterocycles. The number of nitrogens with one attached hydrogen (secondary N) is 2. The van der Waals surface area contributed by atoms with E-state index in [9.17, 15) is 15.0 Å². The number of aliphatic hydroxyl groups is 2. The van der Waals surface area contributed by atoms with Crippen molar-refractivity contribution in [2.24, 2.45) is 5.73 Å². The Kier molecular flexibility index (Phi) is 6.70. The molecule has 5 atom stereocenters. The highest BCUT2D eigenvalue weighted by Crippen LogP contribution is 2.36. The van der Waals surface area contributed by atoms with Gasteiger partial charge in [0, 0.05) is 18.4 Å². The summed E-state index contributed by atoms with van der Waals surface area (Å²) in [5, 5.41) is 37.3. The van der Waals surface area contributed by atoms with Crippen LogP contribution in [0, 0.1) is 0 Å². The Morgan fingerprint density at radius 1 is 1.10 bits per heavy atom. The Balaban J connectivity index is 1.31. The predicted molar refractivity (Wildman–Crippen MR) is 149 cm³/mol. The van der Waals surface area contributed by atoms with Gasteiger partial charge in [0.05, 0.1) is 36.3 Å². The van der Waals surface area contributed by atoms with E-state index in [1.807, 2.05) is 36.4 Å². The van der Waals surface area contributed by atoms with Crippen molar-refractivity contribution in [2.75, 3.05) is 18.5 Å². The molecule has 0 bridgehead atoms. The molecule has 0 radical (unpaired) electrons. The van der Waals surface area contributed by atoms with Gasteiger partial charge in [-0.15, -0.1) is 0 Å². The van der Waals surface area contributed by atoms with Gasteiger partial charge in [0.25, 0.3) is 0 Å². The van der Waals surface area contributed by atoms with Crippen LogP contribution in [-0.4, -0.2) is 93.6 Å². The lowest BCUT2D eigenvalue weighted by Gasteiger charge is -2.17. The topological polar surface area (TPSA) is 212 Å². The zero-order valence-corrected chi connectivity index (χ0v) is 22.3. The minimum atomic E-state index is -1.30. The first kappa shape index (κ1) is 26.3. The highest BCUT2D eigenvalue weighted by Gasteiger charge is 2.44. The van der Waals surface area contributed by atoms with Crippen LogP contribution in [0.25, 0.3) is 45.0 Å². The number of anilines is 1. The van der Waals surface area contributed by atoms with E-state index in [2.05, 4.69) is 25.7 Å². The number of aliphatic hydroxyl groups excluding tert-OH is 2. The molecule has 2 aliphatic heterocycles. The molecule has 6 heterocycles. The van der Waals surface area contributed by atoms with Crippen LogP contribution < -0.4 is 11.1 Å². The fourth-order valence-electron chi connectivity index (χ4n) is 5.40. The van der Waals surface area contributed by atoms with Crippen molar-refractivity contribution in [3.63, 3.8) is 0 Å². The highest BCUT2D eigenvalue weighted by molar-refractivity contribution is 5.87. The lowest BCUT2D eigenvalue weighted by molar-refractivity contribution is -0.119.